The molecule has 0 spiro atoms. The highest BCUT2D eigenvalue weighted by molar-refractivity contribution is 5.90. The van der Waals surface area contributed by atoms with Gasteiger partial charge in [0.1, 0.15) is 39.9 Å². The van der Waals surface area contributed by atoms with Crippen LogP contribution in [0.1, 0.15) is 43.0 Å². The Bertz CT molecular complexity index is 1570. The SMILES string of the molecule is Cc1cc(C)cc(C(=O)OCNCOC(=O)c2cc(C)cc(C)c2)c1.c1ccc2c(c1)OCCOCCOCCOc1ccccc1OCCOCCOCCO2. The highest BCUT2D eigenvalue weighted by Gasteiger charge is 2.11. The fourth-order valence-corrected chi connectivity index (χ4v) is 5.49. The molecule has 0 saturated heterocycles. The molecule has 0 saturated carbocycles. The number of benzene rings is 4. The minimum atomic E-state index is -0.417. The van der Waals surface area contributed by atoms with E-state index in [2.05, 4.69) is 5.32 Å². The number of carbonyl (C=O) groups excluding carboxylic acids is 2. The Morgan fingerprint density at radius 2 is 0.702 bits per heavy atom. The molecule has 0 radical (unpaired) electrons. The lowest BCUT2D eigenvalue weighted by atomic mass is 10.1. The van der Waals surface area contributed by atoms with Crippen LogP contribution in [0.15, 0.2) is 84.9 Å². The number of hydrogen-bond donors (Lipinski definition) is 1. The van der Waals surface area contributed by atoms with Crippen LogP contribution in [0.5, 0.6) is 23.0 Å². The van der Waals surface area contributed by atoms with Gasteiger partial charge in [0.25, 0.3) is 0 Å². The fraction of sp³-hybridized carbons (Fsp3) is 0.409. The first kappa shape index (κ1) is 44.5. The molecule has 13 nitrogen and oxygen atoms in total. The molecule has 0 aliphatic carbocycles. The van der Waals surface area contributed by atoms with E-state index in [1.165, 1.54) is 0 Å². The third kappa shape index (κ3) is 17.7. The fourth-order valence-electron chi connectivity index (χ4n) is 5.49. The second kappa shape index (κ2) is 25.9. The van der Waals surface area contributed by atoms with Crippen molar-refractivity contribution in [1.29, 1.82) is 0 Å². The smallest absolute Gasteiger partial charge is 0.339 e. The van der Waals surface area contributed by atoms with Crippen molar-refractivity contribution >= 4 is 11.9 Å². The summed E-state index contributed by atoms with van der Waals surface area (Å²) in [6.07, 6.45) is 0. The van der Waals surface area contributed by atoms with Gasteiger partial charge in [0.05, 0.1) is 64.0 Å². The highest BCUT2D eigenvalue weighted by atomic mass is 16.6. The Morgan fingerprint density at radius 3 is 0.982 bits per heavy atom. The van der Waals surface area contributed by atoms with Gasteiger partial charge < -0.3 is 47.4 Å². The van der Waals surface area contributed by atoms with Crippen LogP contribution < -0.4 is 24.3 Å². The molecule has 0 fully saturated rings. The number of aryl methyl sites for hydroxylation is 4. The molecule has 1 N–H and O–H groups in total. The van der Waals surface area contributed by atoms with Gasteiger partial charge in [0, 0.05) is 0 Å². The largest absolute Gasteiger partial charge is 0.487 e. The van der Waals surface area contributed by atoms with E-state index in [1.807, 2.05) is 88.4 Å². The van der Waals surface area contributed by atoms with Crippen LogP contribution in [0.4, 0.5) is 0 Å². The average molecular weight is 790 g/mol. The molecular formula is C44H55NO12. The van der Waals surface area contributed by atoms with E-state index < -0.39 is 11.9 Å². The first-order valence-electron chi connectivity index (χ1n) is 19.0. The third-order valence-electron chi connectivity index (χ3n) is 7.91. The Balaban J connectivity index is 0.000000261. The van der Waals surface area contributed by atoms with Crippen LogP contribution in [-0.2, 0) is 28.4 Å². The van der Waals surface area contributed by atoms with Gasteiger partial charge >= 0.3 is 11.9 Å². The molecule has 0 bridgehead atoms. The molecular weight excluding hydrogens is 734 g/mol. The lowest BCUT2D eigenvalue weighted by Gasteiger charge is -2.14. The molecule has 13 heteroatoms. The Hall–Kier alpha value is -5.18. The van der Waals surface area contributed by atoms with Gasteiger partial charge in [-0.15, -0.1) is 0 Å². The molecule has 0 unspecified atom stereocenters. The first-order chi connectivity index (χ1) is 27.8. The summed E-state index contributed by atoms with van der Waals surface area (Å²) in [6, 6.07) is 26.2. The van der Waals surface area contributed by atoms with E-state index in [9.17, 15) is 9.59 Å². The Labute approximate surface area is 335 Å². The van der Waals surface area contributed by atoms with Gasteiger partial charge in [0.2, 0.25) is 0 Å². The van der Waals surface area contributed by atoms with Crippen molar-refractivity contribution in [3.63, 3.8) is 0 Å². The van der Waals surface area contributed by atoms with Crippen LogP contribution in [-0.4, -0.2) is 105 Å². The van der Waals surface area contributed by atoms with Crippen LogP contribution in [0, 0.1) is 27.7 Å². The maximum Gasteiger partial charge on any atom is 0.339 e. The molecule has 1 heterocycles. The lowest BCUT2D eigenvalue weighted by Crippen LogP contribution is -2.25. The van der Waals surface area contributed by atoms with Crippen LogP contribution in [0.3, 0.4) is 0 Å². The zero-order valence-corrected chi connectivity index (χ0v) is 33.4. The normalized spacial score (nSPS) is 14.8. The minimum absolute atomic E-state index is 0.0358. The van der Waals surface area contributed by atoms with Crippen molar-refractivity contribution in [1.82, 2.24) is 5.32 Å². The molecule has 4 aromatic rings. The summed E-state index contributed by atoms with van der Waals surface area (Å²) in [5.41, 5.74) is 5.02. The maximum atomic E-state index is 12.0. The van der Waals surface area contributed by atoms with Gasteiger partial charge in [0.15, 0.2) is 23.0 Å². The Kier molecular flexibility index (Phi) is 20.2. The number of carbonyl (C=O) groups is 2. The van der Waals surface area contributed by atoms with Crippen molar-refractivity contribution in [2.45, 2.75) is 27.7 Å². The molecule has 308 valence electrons. The highest BCUT2D eigenvalue weighted by Crippen LogP contribution is 2.27. The molecule has 57 heavy (non-hydrogen) atoms. The molecule has 1 aliphatic rings. The van der Waals surface area contributed by atoms with E-state index in [1.54, 1.807) is 24.3 Å². The zero-order valence-electron chi connectivity index (χ0n) is 33.4. The summed E-state index contributed by atoms with van der Waals surface area (Å²) < 4.78 is 55.6. The topological polar surface area (TPSA) is 138 Å². The van der Waals surface area contributed by atoms with E-state index >= 15 is 0 Å². The van der Waals surface area contributed by atoms with Gasteiger partial charge in [-0.1, -0.05) is 58.7 Å². The van der Waals surface area contributed by atoms with Gasteiger partial charge in [-0.25, -0.2) is 9.59 Å². The molecule has 0 atom stereocenters. The number of fused-ring (bicyclic) bond motifs is 2. The number of esters is 2. The zero-order chi connectivity index (χ0) is 40.5. The van der Waals surface area contributed by atoms with E-state index in [4.69, 9.17) is 47.4 Å². The van der Waals surface area contributed by atoms with Gasteiger partial charge in [-0.3, -0.25) is 5.32 Å². The summed E-state index contributed by atoms with van der Waals surface area (Å²) in [4.78, 5) is 23.9. The van der Waals surface area contributed by atoms with Crippen LogP contribution in [0.25, 0.3) is 0 Å². The third-order valence-corrected chi connectivity index (χ3v) is 7.91. The van der Waals surface area contributed by atoms with Crippen LogP contribution >= 0.6 is 0 Å². The van der Waals surface area contributed by atoms with Crippen molar-refractivity contribution in [3.05, 3.63) is 118 Å². The molecule has 0 aromatic heterocycles. The standard InChI is InChI=1S/C24H32O8.C20H23NO4/c1-2-6-22-21(5-1)29-17-13-25-9-10-27-15-19-31-23-7-3-4-8-24(23)32-20-16-28-12-11-26-14-18-30-22;1-13-5-14(2)8-17(7-13)19(22)24-11-21-12-25-20(23)18-9-15(3)6-16(4)10-18/h1-8H,9-20H2;5-10,21H,11-12H2,1-4H3. The molecule has 0 amide bonds. The predicted molar refractivity (Wildman–Crippen MR) is 214 cm³/mol. The van der Waals surface area contributed by atoms with E-state index in [0.29, 0.717) is 113 Å². The van der Waals surface area contributed by atoms with Crippen LogP contribution in [0.2, 0.25) is 0 Å². The number of nitrogens with one attached hydrogen (secondary N) is 1. The minimum Gasteiger partial charge on any atom is -0.487 e. The second-order valence-electron chi connectivity index (χ2n) is 12.9. The summed E-state index contributed by atoms with van der Waals surface area (Å²) in [5, 5.41) is 2.76. The monoisotopic (exact) mass is 789 g/mol. The number of para-hydroxylation sites is 4. The molecule has 4 aromatic carbocycles. The second-order valence-corrected chi connectivity index (χ2v) is 12.9. The van der Waals surface area contributed by atoms with Crippen molar-refractivity contribution in [2.24, 2.45) is 0 Å². The van der Waals surface area contributed by atoms with Crippen molar-refractivity contribution in [2.75, 3.05) is 92.7 Å². The predicted octanol–water partition coefficient (Wildman–Crippen LogP) is 6.42. The lowest BCUT2D eigenvalue weighted by molar-refractivity contribution is 0.0223. The average Bonchev–Trinajstić information content (AvgIpc) is 3.19. The summed E-state index contributed by atoms with van der Waals surface area (Å²) in [7, 11) is 0. The summed E-state index contributed by atoms with van der Waals surface area (Å²) in [5.74, 6) is 1.90. The number of hydrogen-bond acceptors (Lipinski definition) is 13. The first-order valence-corrected chi connectivity index (χ1v) is 19.0. The van der Waals surface area contributed by atoms with Crippen molar-refractivity contribution in [3.8, 4) is 23.0 Å². The van der Waals surface area contributed by atoms with Gasteiger partial charge in [-0.2, -0.15) is 0 Å². The maximum absolute atomic E-state index is 12.0. The molecule has 1 aliphatic heterocycles. The van der Waals surface area contributed by atoms with Crippen molar-refractivity contribution < 1.29 is 57.0 Å². The van der Waals surface area contributed by atoms with E-state index in [0.717, 1.165) is 22.3 Å². The number of ether oxygens (including phenoxy) is 10. The number of rotatable bonds is 6. The summed E-state index contributed by atoms with van der Waals surface area (Å²) in [6.45, 7) is 13.1. The quantitative estimate of drug-likeness (QED) is 0.131. The summed E-state index contributed by atoms with van der Waals surface area (Å²) >= 11 is 0. The molecule has 5 rings (SSSR count). The van der Waals surface area contributed by atoms with E-state index in [-0.39, 0.29) is 13.5 Å². The van der Waals surface area contributed by atoms with Gasteiger partial charge in [-0.05, 0) is 76.2 Å². The Morgan fingerprint density at radius 1 is 0.439 bits per heavy atom.